The van der Waals surface area contributed by atoms with E-state index in [0.29, 0.717) is 31.7 Å². The number of fused-ring (bicyclic) bond motifs is 1. The molecule has 5 heteroatoms. The van der Waals surface area contributed by atoms with Gasteiger partial charge in [-0.3, -0.25) is 4.79 Å². The predicted molar refractivity (Wildman–Crippen MR) is 76.0 cm³/mol. The van der Waals surface area contributed by atoms with Crippen LogP contribution >= 0.6 is 0 Å². The number of rotatable bonds is 2. The van der Waals surface area contributed by atoms with Crippen LogP contribution in [0.3, 0.4) is 0 Å². The van der Waals surface area contributed by atoms with Crippen molar-refractivity contribution in [1.29, 1.82) is 0 Å². The van der Waals surface area contributed by atoms with Gasteiger partial charge in [-0.05, 0) is 25.0 Å². The van der Waals surface area contributed by atoms with Crippen LogP contribution in [0.15, 0.2) is 18.2 Å². The molecule has 2 aliphatic heterocycles. The number of nitrogens with zero attached hydrogens (tertiary/aromatic N) is 2. The van der Waals surface area contributed by atoms with Crippen LogP contribution in [0.4, 0.5) is 10.1 Å². The van der Waals surface area contributed by atoms with Gasteiger partial charge in [0.2, 0.25) is 5.91 Å². The van der Waals surface area contributed by atoms with Crippen LogP contribution in [0, 0.1) is 5.82 Å². The molecule has 1 aromatic carbocycles. The molecular formula is C15H20FN3O. The molecule has 108 valence electrons. The first-order valence-electron chi connectivity index (χ1n) is 7.16. The minimum absolute atomic E-state index is 0.205. The lowest BCUT2D eigenvalue weighted by Gasteiger charge is -2.40. The minimum atomic E-state index is -0.224. The van der Waals surface area contributed by atoms with Crippen molar-refractivity contribution in [2.75, 3.05) is 24.5 Å². The van der Waals surface area contributed by atoms with Crippen molar-refractivity contribution in [3.8, 4) is 0 Å². The van der Waals surface area contributed by atoms with Crippen LogP contribution in [0.1, 0.15) is 31.4 Å². The summed E-state index contributed by atoms with van der Waals surface area (Å²) in [6.07, 6.45) is 1.49. The number of para-hydroxylation sites is 1. The summed E-state index contributed by atoms with van der Waals surface area (Å²) in [7, 11) is 0. The van der Waals surface area contributed by atoms with E-state index in [2.05, 4.69) is 0 Å². The first kappa shape index (κ1) is 13.4. The molecule has 0 bridgehead atoms. The third kappa shape index (κ3) is 2.16. The fourth-order valence-electron chi connectivity index (χ4n) is 3.30. The normalized spacial score (nSPS) is 23.9. The molecule has 2 atom stereocenters. The van der Waals surface area contributed by atoms with E-state index in [0.717, 1.165) is 12.0 Å². The Labute approximate surface area is 118 Å². The van der Waals surface area contributed by atoms with Gasteiger partial charge in [-0.1, -0.05) is 12.1 Å². The summed E-state index contributed by atoms with van der Waals surface area (Å²) in [5, 5.41) is 0. The van der Waals surface area contributed by atoms with Gasteiger partial charge >= 0.3 is 0 Å². The van der Waals surface area contributed by atoms with Crippen molar-refractivity contribution in [1.82, 2.24) is 4.90 Å². The van der Waals surface area contributed by atoms with Crippen molar-refractivity contribution in [2.45, 2.75) is 31.8 Å². The minimum Gasteiger partial charge on any atom is -0.365 e. The molecule has 0 spiro atoms. The number of carbonyl (C=O) groups excluding carboxylic acids is 1. The highest BCUT2D eigenvalue weighted by molar-refractivity contribution is 5.79. The lowest BCUT2D eigenvalue weighted by molar-refractivity contribution is -0.129. The van der Waals surface area contributed by atoms with Gasteiger partial charge in [0.1, 0.15) is 5.82 Å². The average molecular weight is 277 g/mol. The number of nitrogens with two attached hydrogens (primary N) is 1. The highest BCUT2D eigenvalue weighted by Crippen LogP contribution is 2.32. The summed E-state index contributed by atoms with van der Waals surface area (Å²) >= 11 is 0. The zero-order valence-corrected chi connectivity index (χ0v) is 11.7. The Morgan fingerprint density at radius 3 is 2.95 bits per heavy atom. The molecule has 2 saturated heterocycles. The number of halogens is 1. The van der Waals surface area contributed by atoms with Crippen molar-refractivity contribution < 1.29 is 9.18 Å². The van der Waals surface area contributed by atoms with Crippen molar-refractivity contribution in [2.24, 2.45) is 5.73 Å². The molecule has 2 heterocycles. The fraction of sp³-hybridized carbons (Fsp3) is 0.533. The Morgan fingerprint density at radius 1 is 1.40 bits per heavy atom. The summed E-state index contributed by atoms with van der Waals surface area (Å²) in [6.45, 7) is 3.92. The van der Waals surface area contributed by atoms with Crippen molar-refractivity contribution in [3.05, 3.63) is 29.6 Å². The zero-order chi connectivity index (χ0) is 14.3. The van der Waals surface area contributed by atoms with E-state index < -0.39 is 0 Å². The van der Waals surface area contributed by atoms with Gasteiger partial charge in [-0.15, -0.1) is 0 Å². The molecule has 1 amide bonds. The summed E-state index contributed by atoms with van der Waals surface area (Å²) in [6, 6.07) is 5.08. The molecule has 0 aliphatic carbocycles. The number of hydrogen-bond donors (Lipinski definition) is 1. The lowest BCUT2D eigenvalue weighted by Crippen LogP contribution is -2.52. The van der Waals surface area contributed by atoms with Gasteiger partial charge in [-0.2, -0.15) is 0 Å². The van der Waals surface area contributed by atoms with Gasteiger partial charge in [0.05, 0.1) is 5.69 Å². The third-order valence-corrected chi connectivity index (χ3v) is 4.32. The fourth-order valence-corrected chi connectivity index (χ4v) is 3.30. The second-order valence-electron chi connectivity index (χ2n) is 5.69. The molecule has 20 heavy (non-hydrogen) atoms. The van der Waals surface area contributed by atoms with E-state index in [4.69, 9.17) is 5.73 Å². The molecule has 2 aliphatic rings. The summed E-state index contributed by atoms with van der Waals surface area (Å²) in [4.78, 5) is 15.7. The standard InChI is InChI=1S/C15H20FN3O/c1-10(17)12-3-2-4-13(16)15(12)18-7-8-19-11(9-18)5-6-14(19)20/h2-4,10-11H,5-9,17H2,1H3/t10-,11?/m1/s1. The average Bonchev–Trinajstić information content (AvgIpc) is 2.79. The molecule has 0 radical (unpaired) electrons. The molecule has 1 unspecified atom stereocenters. The Balaban J connectivity index is 1.89. The smallest absolute Gasteiger partial charge is 0.223 e. The molecular weight excluding hydrogens is 257 g/mol. The maximum atomic E-state index is 14.2. The first-order valence-corrected chi connectivity index (χ1v) is 7.16. The van der Waals surface area contributed by atoms with Gasteiger partial charge in [-0.25, -0.2) is 4.39 Å². The van der Waals surface area contributed by atoms with Crippen LogP contribution in [-0.4, -0.2) is 36.5 Å². The number of amides is 1. The summed E-state index contributed by atoms with van der Waals surface area (Å²) in [5.41, 5.74) is 7.41. The van der Waals surface area contributed by atoms with E-state index in [9.17, 15) is 9.18 Å². The highest BCUT2D eigenvalue weighted by atomic mass is 19.1. The van der Waals surface area contributed by atoms with E-state index >= 15 is 0 Å². The van der Waals surface area contributed by atoms with Gasteiger partial charge in [0.25, 0.3) is 0 Å². The zero-order valence-electron chi connectivity index (χ0n) is 11.7. The molecule has 3 rings (SSSR count). The lowest BCUT2D eigenvalue weighted by atomic mass is 10.0. The number of piperazine rings is 1. The van der Waals surface area contributed by atoms with E-state index in [1.54, 1.807) is 6.07 Å². The van der Waals surface area contributed by atoms with Gasteiger partial charge in [0, 0.05) is 38.1 Å². The second-order valence-corrected chi connectivity index (χ2v) is 5.69. The van der Waals surface area contributed by atoms with Gasteiger partial charge in [0.15, 0.2) is 0 Å². The largest absolute Gasteiger partial charge is 0.365 e. The molecule has 4 nitrogen and oxygen atoms in total. The third-order valence-electron chi connectivity index (χ3n) is 4.32. The van der Waals surface area contributed by atoms with E-state index in [1.165, 1.54) is 6.07 Å². The molecule has 2 fully saturated rings. The number of hydrogen-bond acceptors (Lipinski definition) is 3. The Hall–Kier alpha value is -1.62. The maximum Gasteiger partial charge on any atom is 0.223 e. The Morgan fingerprint density at radius 2 is 2.20 bits per heavy atom. The number of carbonyl (C=O) groups is 1. The van der Waals surface area contributed by atoms with E-state index in [1.807, 2.05) is 22.8 Å². The molecule has 2 N–H and O–H groups in total. The van der Waals surface area contributed by atoms with Crippen molar-refractivity contribution in [3.63, 3.8) is 0 Å². The molecule has 0 aromatic heterocycles. The first-order chi connectivity index (χ1) is 9.58. The van der Waals surface area contributed by atoms with Gasteiger partial charge < -0.3 is 15.5 Å². The topological polar surface area (TPSA) is 49.6 Å². The number of anilines is 1. The summed E-state index contributed by atoms with van der Waals surface area (Å²) in [5.74, 6) is 0.00757. The van der Waals surface area contributed by atoms with Crippen LogP contribution < -0.4 is 10.6 Å². The van der Waals surface area contributed by atoms with Crippen LogP contribution in [0.25, 0.3) is 0 Å². The van der Waals surface area contributed by atoms with Crippen molar-refractivity contribution >= 4 is 11.6 Å². The molecule has 1 aromatic rings. The quantitative estimate of drug-likeness (QED) is 0.894. The van der Waals surface area contributed by atoms with Crippen LogP contribution in [0.5, 0.6) is 0 Å². The predicted octanol–water partition coefficient (Wildman–Crippen LogP) is 1.66. The SMILES string of the molecule is C[C@@H](N)c1cccc(F)c1N1CCN2C(=O)CCC2C1. The second kappa shape index (κ2) is 5.05. The van der Waals surface area contributed by atoms with E-state index in [-0.39, 0.29) is 23.8 Å². The Bertz CT molecular complexity index is 532. The van der Waals surface area contributed by atoms with Crippen LogP contribution in [0.2, 0.25) is 0 Å². The highest BCUT2D eigenvalue weighted by Gasteiger charge is 2.36. The summed E-state index contributed by atoms with van der Waals surface area (Å²) < 4.78 is 14.2. The maximum absolute atomic E-state index is 14.2. The number of benzene rings is 1. The van der Waals surface area contributed by atoms with Crippen LogP contribution in [-0.2, 0) is 4.79 Å². The Kier molecular flexibility index (Phi) is 3.38. The monoisotopic (exact) mass is 277 g/mol. The molecule has 0 saturated carbocycles.